The van der Waals surface area contributed by atoms with E-state index in [1.165, 1.54) is 29.5 Å². The highest BCUT2D eigenvalue weighted by molar-refractivity contribution is 5.94. The van der Waals surface area contributed by atoms with E-state index in [1.807, 2.05) is 17.0 Å². The van der Waals surface area contributed by atoms with E-state index in [0.717, 1.165) is 37.9 Å². The van der Waals surface area contributed by atoms with Crippen LogP contribution in [0.3, 0.4) is 0 Å². The lowest BCUT2D eigenvalue weighted by Crippen LogP contribution is -2.32. The third-order valence-electron chi connectivity index (χ3n) is 4.78. The third kappa shape index (κ3) is 3.82. The molecule has 0 radical (unpaired) electrons. The first kappa shape index (κ1) is 15.8. The van der Waals surface area contributed by atoms with Crippen molar-refractivity contribution in [3.63, 3.8) is 0 Å². The van der Waals surface area contributed by atoms with Gasteiger partial charge in [-0.1, -0.05) is 36.4 Å². The number of amides is 1. The van der Waals surface area contributed by atoms with Crippen molar-refractivity contribution in [2.75, 3.05) is 13.1 Å². The number of hydrogen-bond donors (Lipinski definition) is 0. The predicted octanol–water partition coefficient (Wildman–Crippen LogP) is 4.27. The Balaban J connectivity index is 1.69. The quantitative estimate of drug-likeness (QED) is 0.808. The van der Waals surface area contributed by atoms with E-state index in [0.29, 0.717) is 0 Å². The minimum absolute atomic E-state index is 0.164. The van der Waals surface area contributed by atoms with Crippen molar-refractivity contribution in [1.82, 2.24) is 4.90 Å². The highest BCUT2D eigenvalue weighted by Gasteiger charge is 2.17. The van der Waals surface area contributed by atoms with Crippen LogP contribution in [-0.2, 0) is 19.3 Å². The molecule has 0 saturated heterocycles. The van der Waals surface area contributed by atoms with Gasteiger partial charge in [0.2, 0.25) is 0 Å². The molecule has 0 saturated carbocycles. The van der Waals surface area contributed by atoms with Crippen molar-refractivity contribution in [1.29, 1.82) is 0 Å². The first-order chi connectivity index (χ1) is 11.3. The Kier molecular flexibility index (Phi) is 5.12. The summed E-state index contributed by atoms with van der Waals surface area (Å²) >= 11 is 0. The molecule has 2 aromatic rings. The van der Waals surface area contributed by atoms with Gasteiger partial charge in [-0.15, -0.1) is 0 Å². The molecule has 0 aliphatic heterocycles. The zero-order valence-corrected chi connectivity index (χ0v) is 13.9. The minimum atomic E-state index is 0.164. The zero-order chi connectivity index (χ0) is 16.1. The van der Waals surface area contributed by atoms with Gasteiger partial charge < -0.3 is 4.90 Å². The van der Waals surface area contributed by atoms with Gasteiger partial charge in [0.25, 0.3) is 5.91 Å². The summed E-state index contributed by atoms with van der Waals surface area (Å²) in [4.78, 5) is 14.8. The highest BCUT2D eigenvalue weighted by Crippen LogP contribution is 2.23. The molecule has 0 N–H and O–H groups in total. The normalized spacial score (nSPS) is 13.4. The number of aryl methyl sites for hydroxylation is 2. The van der Waals surface area contributed by atoms with Crippen LogP contribution in [0, 0.1) is 0 Å². The van der Waals surface area contributed by atoms with Crippen molar-refractivity contribution in [3.05, 3.63) is 70.8 Å². The number of rotatable bonds is 5. The van der Waals surface area contributed by atoms with Gasteiger partial charge in [-0.25, -0.2) is 0 Å². The molecular formula is C21H25NO. The number of nitrogens with zero attached hydrogens (tertiary/aromatic N) is 1. The Morgan fingerprint density at radius 1 is 1.00 bits per heavy atom. The highest BCUT2D eigenvalue weighted by atomic mass is 16.2. The van der Waals surface area contributed by atoms with Gasteiger partial charge in [0.05, 0.1) is 0 Å². The predicted molar refractivity (Wildman–Crippen MR) is 94.8 cm³/mol. The largest absolute Gasteiger partial charge is 0.339 e. The van der Waals surface area contributed by atoms with Crippen LogP contribution in [0.15, 0.2) is 48.5 Å². The third-order valence-corrected chi connectivity index (χ3v) is 4.78. The molecule has 1 aliphatic rings. The number of carbonyl (C=O) groups excluding carboxylic acids is 1. The molecule has 1 aliphatic carbocycles. The van der Waals surface area contributed by atoms with Gasteiger partial charge >= 0.3 is 0 Å². The van der Waals surface area contributed by atoms with Crippen LogP contribution < -0.4 is 0 Å². The summed E-state index contributed by atoms with van der Waals surface area (Å²) in [6.07, 6.45) is 5.71. The summed E-state index contributed by atoms with van der Waals surface area (Å²) in [5.74, 6) is 0.164. The monoisotopic (exact) mass is 307 g/mol. The van der Waals surface area contributed by atoms with Crippen LogP contribution in [0.2, 0.25) is 0 Å². The van der Waals surface area contributed by atoms with Gasteiger partial charge in [0.15, 0.2) is 0 Å². The lowest BCUT2D eigenvalue weighted by atomic mass is 9.90. The van der Waals surface area contributed by atoms with Gasteiger partial charge in [-0.2, -0.15) is 0 Å². The van der Waals surface area contributed by atoms with E-state index in [1.54, 1.807) is 0 Å². The molecule has 0 atom stereocenters. The lowest BCUT2D eigenvalue weighted by molar-refractivity contribution is 0.0766. The Morgan fingerprint density at radius 2 is 1.74 bits per heavy atom. The molecular weight excluding hydrogens is 282 g/mol. The van der Waals surface area contributed by atoms with Gasteiger partial charge in [-0.05, 0) is 67.9 Å². The summed E-state index contributed by atoms with van der Waals surface area (Å²) in [7, 11) is 0. The summed E-state index contributed by atoms with van der Waals surface area (Å²) in [5, 5.41) is 0. The Labute approximate surface area is 139 Å². The van der Waals surface area contributed by atoms with E-state index in [-0.39, 0.29) is 5.91 Å². The summed E-state index contributed by atoms with van der Waals surface area (Å²) in [6, 6.07) is 16.7. The first-order valence-electron chi connectivity index (χ1n) is 8.73. The molecule has 0 heterocycles. The van der Waals surface area contributed by atoms with E-state index in [2.05, 4.69) is 43.3 Å². The lowest BCUT2D eigenvalue weighted by Gasteiger charge is -2.22. The second-order valence-electron chi connectivity index (χ2n) is 6.31. The van der Waals surface area contributed by atoms with Crippen molar-refractivity contribution in [3.8, 4) is 0 Å². The molecule has 0 aromatic heterocycles. The average molecular weight is 307 g/mol. The Hall–Kier alpha value is -2.09. The summed E-state index contributed by atoms with van der Waals surface area (Å²) in [6.45, 7) is 3.58. The maximum absolute atomic E-state index is 12.8. The van der Waals surface area contributed by atoms with Crippen molar-refractivity contribution < 1.29 is 4.79 Å². The first-order valence-corrected chi connectivity index (χ1v) is 8.73. The van der Waals surface area contributed by atoms with E-state index in [4.69, 9.17) is 0 Å². The molecule has 0 unspecified atom stereocenters. The fraction of sp³-hybridized carbons (Fsp3) is 0.381. The van der Waals surface area contributed by atoms with Crippen molar-refractivity contribution >= 4 is 5.91 Å². The molecule has 0 fully saturated rings. The maximum Gasteiger partial charge on any atom is 0.253 e. The van der Waals surface area contributed by atoms with Crippen LogP contribution >= 0.6 is 0 Å². The number of benzene rings is 2. The standard InChI is InChI=1S/C21H25NO/c1-2-22(15-14-17-8-4-3-5-9-17)21(23)20-13-12-18-10-6-7-11-19(18)16-20/h3-5,8-9,12-13,16H,2,6-7,10-11,14-15H2,1H3. The molecule has 2 nitrogen and oxygen atoms in total. The zero-order valence-electron chi connectivity index (χ0n) is 13.9. The number of carbonyl (C=O) groups is 1. The molecule has 0 spiro atoms. The Bertz CT molecular complexity index is 663. The molecule has 1 amide bonds. The minimum Gasteiger partial charge on any atom is -0.339 e. The van der Waals surface area contributed by atoms with Crippen molar-refractivity contribution in [2.45, 2.75) is 39.0 Å². The van der Waals surface area contributed by atoms with Crippen LogP contribution in [-0.4, -0.2) is 23.9 Å². The molecule has 0 bridgehead atoms. The van der Waals surface area contributed by atoms with Crippen LogP contribution in [0.25, 0.3) is 0 Å². The van der Waals surface area contributed by atoms with E-state index >= 15 is 0 Å². The smallest absolute Gasteiger partial charge is 0.253 e. The number of fused-ring (bicyclic) bond motifs is 1. The van der Waals surface area contributed by atoms with Crippen LogP contribution in [0.5, 0.6) is 0 Å². The topological polar surface area (TPSA) is 20.3 Å². The molecule has 2 heteroatoms. The second-order valence-corrected chi connectivity index (χ2v) is 6.31. The second kappa shape index (κ2) is 7.45. The van der Waals surface area contributed by atoms with Gasteiger partial charge in [-0.3, -0.25) is 4.79 Å². The molecule has 3 rings (SSSR count). The molecule has 2 aromatic carbocycles. The maximum atomic E-state index is 12.8. The van der Waals surface area contributed by atoms with E-state index in [9.17, 15) is 4.79 Å². The van der Waals surface area contributed by atoms with E-state index < -0.39 is 0 Å². The average Bonchev–Trinajstić information content (AvgIpc) is 2.62. The number of hydrogen-bond acceptors (Lipinski definition) is 1. The number of likely N-dealkylation sites (N-methyl/N-ethyl adjacent to an activating group) is 1. The Morgan fingerprint density at radius 3 is 2.48 bits per heavy atom. The summed E-state index contributed by atoms with van der Waals surface area (Å²) < 4.78 is 0. The fourth-order valence-electron chi connectivity index (χ4n) is 3.36. The van der Waals surface area contributed by atoms with Crippen LogP contribution in [0.4, 0.5) is 0 Å². The van der Waals surface area contributed by atoms with Crippen LogP contribution in [0.1, 0.15) is 46.8 Å². The fourth-order valence-corrected chi connectivity index (χ4v) is 3.36. The SMILES string of the molecule is CCN(CCc1ccccc1)C(=O)c1ccc2c(c1)CCCC2. The van der Waals surface area contributed by atoms with Gasteiger partial charge in [0.1, 0.15) is 0 Å². The molecule has 120 valence electrons. The molecule has 23 heavy (non-hydrogen) atoms. The summed E-state index contributed by atoms with van der Waals surface area (Å²) in [5.41, 5.74) is 4.94. The van der Waals surface area contributed by atoms with Gasteiger partial charge in [0, 0.05) is 18.7 Å². The van der Waals surface area contributed by atoms with Crippen molar-refractivity contribution in [2.24, 2.45) is 0 Å².